The zero-order valence-electron chi connectivity index (χ0n) is 13.4. The van der Waals surface area contributed by atoms with Crippen LogP contribution >= 0.6 is 27.3 Å². The third kappa shape index (κ3) is 3.27. The number of carbonyl (C=O) groups excluding carboxylic acids is 1. The summed E-state index contributed by atoms with van der Waals surface area (Å²) in [5, 5.41) is 2.21. The lowest BCUT2D eigenvalue weighted by Gasteiger charge is -2.40. The van der Waals surface area contributed by atoms with Crippen molar-refractivity contribution in [2.75, 3.05) is 19.6 Å². The molecule has 4 rings (SSSR count). The van der Waals surface area contributed by atoms with Crippen LogP contribution in [0.2, 0.25) is 0 Å². The summed E-state index contributed by atoms with van der Waals surface area (Å²) in [6.07, 6.45) is 6.66. The van der Waals surface area contributed by atoms with Crippen LogP contribution in [-0.2, 0) is 13.0 Å². The average Bonchev–Trinajstić information content (AvgIpc) is 3.09. The van der Waals surface area contributed by atoms with Crippen LogP contribution < -0.4 is 0 Å². The molecular weight excluding hydrogens is 386 g/mol. The molecule has 126 valence electrons. The first-order valence-corrected chi connectivity index (χ1v) is 10.1. The van der Waals surface area contributed by atoms with Crippen molar-refractivity contribution in [2.24, 2.45) is 0 Å². The lowest BCUT2D eigenvalue weighted by Crippen LogP contribution is -2.47. The second-order valence-corrected chi connectivity index (χ2v) is 8.42. The van der Waals surface area contributed by atoms with Crippen LogP contribution in [0.15, 0.2) is 34.4 Å². The molecule has 2 aliphatic rings. The Morgan fingerprint density at radius 2 is 2.08 bits per heavy atom. The van der Waals surface area contributed by atoms with Crippen LogP contribution in [-0.4, -0.2) is 46.4 Å². The van der Waals surface area contributed by atoms with E-state index in [1.165, 1.54) is 12.0 Å². The van der Waals surface area contributed by atoms with E-state index in [9.17, 15) is 4.79 Å². The molecule has 0 aliphatic carbocycles. The van der Waals surface area contributed by atoms with Gasteiger partial charge in [-0.3, -0.25) is 14.7 Å². The van der Waals surface area contributed by atoms with Gasteiger partial charge in [0, 0.05) is 54.0 Å². The fourth-order valence-electron chi connectivity index (χ4n) is 3.73. The van der Waals surface area contributed by atoms with E-state index in [4.69, 9.17) is 0 Å². The minimum atomic E-state index is 0.0982. The van der Waals surface area contributed by atoms with Crippen molar-refractivity contribution in [3.63, 3.8) is 0 Å². The van der Waals surface area contributed by atoms with Crippen molar-refractivity contribution in [3.8, 4) is 0 Å². The van der Waals surface area contributed by atoms with Gasteiger partial charge in [-0.2, -0.15) is 0 Å². The minimum Gasteiger partial charge on any atom is -0.338 e. The molecule has 1 saturated heterocycles. The predicted octanol–water partition coefficient (Wildman–Crippen LogP) is 3.57. The van der Waals surface area contributed by atoms with E-state index < -0.39 is 0 Å². The van der Waals surface area contributed by atoms with E-state index in [0.717, 1.165) is 43.5 Å². The van der Waals surface area contributed by atoms with Crippen LogP contribution in [0.25, 0.3) is 0 Å². The summed E-state index contributed by atoms with van der Waals surface area (Å²) in [6.45, 7) is 3.90. The topological polar surface area (TPSA) is 36.4 Å². The van der Waals surface area contributed by atoms with Crippen molar-refractivity contribution in [3.05, 3.63) is 50.4 Å². The van der Waals surface area contributed by atoms with Crippen LogP contribution in [0.3, 0.4) is 0 Å². The third-order valence-corrected chi connectivity index (χ3v) is 6.51. The first-order chi connectivity index (χ1) is 11.7. The quantitative estimate of drug-likeness (QED) is 0.765. The molecule has 2 aromatic rings. The molecule has 0 aromatic carbocycles. The molecule has 1 fully saturated rings. The van der Waals surface area contributed by atoms with Gasteiger partial charge >= 0.3 is 0 Å². The molecule has 0 N–H and O–H groups in total. The van der Waals surface area contributed by atoms with Gasteiger partial charge in [-0.05, 0) is 58.3 Å². The maximum atomic E-state index is 12.6. The number of thiophene rings is 1. The number of amides is 1. The number of hydrogen-bond acceptors (Lipinski definition) is 4. The minimum absolute atomic E-state index is 0.0982. The first kappa shape index (κ1) is 16.2. The summed E-state index contributed by atoms with van der Waals surface area (Å²) in [5.41, 5.74) is 2.17. The zero-order valence-corrected chi connectivity index (χ0v) is 15.9. The first-order valence-electron chi connectivity index (χ1n) is 8.40. The Hall–Kier alpha value is -1.24. The summed E-state index contributed by atoms with van der Waals surface area (Å²) in [5.74, 6) is 0.0982. The van der Waals surface area contributed by atoms with Crippen molar-refractivity contribution in [2.45, 2.75) is 31.8 Å². The van der Waals surface area contributed by atoms with Crippen LogP contribution in [0.5, 0.6) is 0 Å². The maximum Gasteiger partial charge on any atom is 0.255 e. The normalized spacial score (nSPS) is 19.3. The second kappa shape index (κ2) is 6.94. The molecule has 6 heteroatoms. The van der Waals surface area contributed by atoms with E-state index in [2.05, 4.69) is 37.3 Å². The molecule has 1 amide bonds. The maximum absolute atomic E-state index is 12.6. The summed E-state index contributed by atoms with van der Waals surface area (Å²) < 4.78 is 0.850. The largest absolute Gasteiger partial charge is 0.338 e. The number of rotatable bonds is 2. The highest BCUT2D eigenvalue weighted by molar-refractivity contribution is 9.10. The molecule has 24 heavy (non-hydrogen) atoms. The van der Waals surface area contributed by atoms with Crippen molar-refractivity contribution < 1.29 is 4.79 Å². The summed E-state index contributed by atoms with van der Waals surface area (Å²) in [6, 6.07) is 4.72. The fraction of sp³-hybridized carbons (Fsp3) is 0.444. The SMILES string of the molecule is O=C(c1cncc(Br)c1)N1CCC(N2CCc3sccc3C2)CC1. The fourth-order valence-corrected chi connectivity index (χ4v) is 4.98. The predicted molar refractivity (Wildman–Crippen MR) is 99.3 cm³/mol. The highest BCUT2D eigenvalue weighted by Gasteiger charge is 2.29. The molecule has 0 radical (unpaired) electrons. The number of carbonyl (C=O) groups is 1. The van der Waals surface area contributed by atoms with Crippen LogP contribution in [0, 0.1) is 0 Å². The van der Waals surface area contributed by atoms with Gasteiger partial charge in [0.25, 0.3) is 5.91 Å². The average molecular weight is 406 g/mol. The van der Waals surface area contributed by atoms with Gasteiger partial charge < -0.3 is 4.90 Å². The van der Waals surface area contributed by atoms with E-state index in [1.54, 1.807) is 17.3 Å². The number of nitrogens with zero attached hydrogens (tertiary/aromatic N) is 3. The Balaban J connectivity index is 1.36. The molecule has 0 saturated carbocycles. The third-order valence-electron chi connectivity index (χ3n) is 5.06. The standard InChI is InChI=1S/C18H20BrN3OS/c19-15-9-14(10-20-11-15)18(23)21-5-1-16(2-6-21)22-7-3-17-13(12-22)4-8-24-17/h4,8-11,16H,1-3,5-7,12H2. The van der Waals surface area contributed by atoms with Crippen molar-refractivity contribution in [1.82, 2.24) is 14.8 Å². The summed E-state index contributed by atoms with van der Waals surface area (Å²) in [4.78, 5) is 22.9. The smallest absolute Gasteiger partial charge is 0.255 e. The Morgan fingerprint density at radius 3 is 2.88 bits per heavy atom. The molecule has 4 heterocycles. The number of likely N-dealkylation sites (tertiary alicyclic amines) is 1. The second-order valence-electron chi connectivity index (χ2n) is 6.50. The van der Waals surface area contributed by atoms with Crippen LogP contribution in [0.4, 0.5) is 0 Å². The van der Waals surface area contributed by atoms with Gasteiger partial charge in [0.05, 0.1) is 5.56 Å². The molecule has 2 aromatic heterocycles. The summed E-state index contributed by atoms with van der Waals surface area (Å²) in [7, 11) is 0. The number of fused-ring (bicyclic) bond motifs is 1. The molecule has 0 unspecified atom stereocenters. The Labute approximate surface area is 154 Å². The lowest BCUT2D eigenvalue weighted by molar-refractivity contribution is 0.0600. The molecule has 0 bridgehead atoms. The lowest BCUT2D eigenvalue weighted by atomic mass is 9.99. The molecule has 0 atom stereocenters. The van der Waals surface area contributed by atoms with Gasteiger partial charge in [0.1, 0.15) is 0 Å². The Bertz CT molecular complexity index is 739. The number of piperidine rings is 1. The molecule has 0 spiro atoms. The van der Waals surface area contributed by atoms with E-state index in [1.807, 2.05) is 22.3 Å². The van der Waals surface area contributed by atoms with Crippen molar-refractivity contribution in [1.29, 1.82) is 0 Å². The molecule has 4 nitrogen and oxygen atoms in total. The van der Waals surface area contributed by atoms with Gasteiger partial charge in [0.2, 0.25) is 0 Å². The Morgan fingerprint density at radius 1 is 1.25 bits per heavy atom. The Kier molecular flexibility index (Phi) is 4.70. The van der Waals surface area contributed by atoms with E-state index in [-0.39, 0.29) is 5.91 Å². The number of aromatic nitrogens is 1. The highest BCUT2D eigenvalue weighted by Crippen LogP contribution is 2.28. The highest BCUT2D eigenvalue weighted by atomic mass is 79.9. The number of pyridine rings is 1. The molecule has 2 aliphatic heterocycles. The van der Waals surface area contributed by atoms with Gasteiger partial charge in [-0.1, -0.05) is 0 Å². The zero-order chi connectivity index (χ0) is 16.5. The van der Waals surface area contributed by atoms with E-state index in [0.29, 0.717) is 11.6 Å². The number of halogens is 1. The van der Waals surface area contributed by atoms with Gasteiger partial charge in [-0.15, -0.1) is 11.3 Å². The monoisotopic (exact) mass is 405 g/mol. The van der Waals surface area contributed by atoms with E-state index >= 15 is 0 Å². The van der Waals surface area contributed by atoms with Crippen molar-refractivity contribution >= 4 is 33.2 Å². The molecular formula is C18H20BrN3OS. The van der Waals surface area contributed by atoms with Gasteiger partial charge in [0.15, 0.2) is 0 Å². The summed E-state index contributed by atoms with van der Waals surface area (Å²) >= 11 is 5.27. The van der Waals surface area contributed by atoms with Crippen LogP contribution in [0.1, 0.15) is 33.6 Å². The number of hydrogen-bond donors (Lipinski definition) is 0. The van der Waals surface area contributed by atoms with Gasteiger partial charge in [-0.25, -0.2) is 0 Å².